The fourth-order valence-electron chi connectivity index (χ4n) is 1.98. The Hall–Kier alpha value is 0.936. The van der Waals surface area contributed by atoms with Crippen LogP contribution in [0.25, 0.3) is 0 Å². The summed E-state index contributed by atoms with van der Waals surface area (Å²) in [6.07, 6.45) is -0.809. The second kappa shape index (κ2) is 7.28. The zero-order valence-corrected chi connectivity index (χ0v) is 15.3. The Labute approximate surface area is 161 Å². The van der Waals surface area contributed by atoms with Crippen LogP contribution in [0, 0.1) is 5.92 Å². The summed E-state index contributed by atoms with van der Waals surface area (Å²) >= 11 is 2.41. The van der Waals surface area contributed by atoms with Crippen LogP contribution in [-0.4, -0.2) is 50.8 Å². The molecule has 0 aromatic rings. The Balaban J connectivity index is 0.00000180. The van der Waals surface area contributed by atoms with Crippen LogP contribution in [0.1, 0.15) is 6.92 Å². The molecule has 0 saturated carbocycles. The van der Waals surface area contributed by atoms with Gasteiger partial charge in [0.1, 0.15) is 5.37 Å². The number of carbonyl (C=O) groups excluding carboxylic acids is 2. The van der Waals surface area contributed by atoms with Gasteiger partial charge in [0.05, 0.1) is 34.5 Å². The Morgan fingerprint density at radius 2 is 2.26 bits per heavy atom. The summed E-state index contributed by atoms with van der Waals surface area (Å²) in [4.78, 5) is 24.0. The number of aliphatic hydroxyl groups excluding tert-OH is 2. The molecule has 19 heavy (non-hydrogen) atoms. The van der Waals surface area contributed by atoms with Crippen LogP contribution in [0.2, 0.25) is 0 Å². The zero-order valence-electron chi connectivity index (χ0n) is 10.5. The van der Waals surface area contributed by atoms with Gasteiger partial charge in [0, 0.05) is 5.75 Å². The minimum absolute atomic E-state index is 0. The fraction of sp³-hybridized carbons (Fsp3) is 0.600. The number of rotatable bonds is 5. The van der Waals surface area contributed by atoms with Crippen molar-refractivity contribution in [1.82, 2.24) is 4.90 Å². The van der Waals surface area contributed by atoms with Crippen molar-refractivity contribution in [2.24, 2.45) is 5.92 Å². The molecule has 0 unspecified atom stereocenters. The second-order valence-corrected chi connectivity index (χ2v) is 6.47. The van der Waals surface area contributed by atoms with Gasteiger partial charge in [0.2, 0.25) is 5.91 Å². The van der Waals surface area contributed by atoms with E-state index >= 15 is 0 Å². The molecule has 1 saturated heterocycles. The quantitative estimate of drug-likeness (QED) is 0.388. The average Bonchev–Trinajstić information content (AvgIpc) is 2.60. The number of amides is 1. The van der Waals surface area contributed by atoms with Crippen molar-refractivity contribution >= 4 is 35.4 Å². The number of carbonyl (C=O) groups is 2. The molecule has 0 spiro atoms. The molecular formula is C10H12KNO5S2. The van der Waals surface area contributed by atoms with Gasteiger partial charge >= 0.3 is 51.4 Å². The Kier molecular flexibility index (Phi) is 6.89. The van der Waals surface area contributed by atoms with Crippen molar-refractivity contribution in [3.8, 4) is 0 Å². The molecule has 0 aromatic carbocycles. The number of β-lactam (4-membered cyclic amide) rings is 1. The van der Waals surface area contributed by atoms with Crippen LogP contribution in [0.4, 0.5) is 0 Å². The molecule has 0 radical (unpaired) electrons. The van der Waals surface area contributed by atoms with Gasteiger partial charge in [-0.25, -0.2) is 0 Å². The summed E-state index contributed by atoms with van der Waals surface area (Å²) < 4.78 is 0.463. The molecule has 0 aromatic heterocycles. The maximum atomic E-state index is 11.8. The van der Waals surface area contributed by atoms with Crippen molar-refractivity contribution in [2.45, 2.75) is 18.4 Å². The maximum Gasteiger partial charge on any atom is 1.00 e. The molecule has 2 heterocycles. The molecule has 3 atom stereocenters. The topological polar surface area (TPSA) is 101 Å². The van der Waals surface area contributed by atoms with Crippen LogP contribution in [-0.2, 0) is 9.59 Å². The molecule has 0 aliphatic carbocycles. The first-order valence-corrected chi connectivity index (χ1v) is 7.22. The van der Waals surface area contributed by atoms with Crippen LogP contribution in [0.3, 0.4) is 0 Å². The van der Waals surface area contributed by atoms with E-state index in [9.17, 15) is 19.8 Å². The first-order valence-electron chi connectivity index (χ1n) is 5.36. The van der Waals surface area contributed by atoms with Gasteiger partial charge in [-0.3, -0.25) is 9.69 Å². The maximum absolute atomic E-state index is 11.8. The number of aliphatic carboxylic acids is 1. The van der Waals surface area contributed by atoms with E-state index in [1.165, 1.54) is 30.4 Å². The van der Waals surface area contributed by atoms with Crippen LogP contribution in [0.15, 0.2) is 9.93 Å². The largest absolute Gasteiger partial charge is 1.00 e. The van der Waals surface area contributed by atoms with E-state index in [2.05, 4.69) is 0 Å². The summed E-state index contributed by atoms with van der Waals surface area (Å²) in [5.74, 6) is -2.01. The van der Waals surface area contributed by atoms with Crippen molar-refractivity contribution in [1.29, 1.82) is 0 Å². The molecule has 100 valence electrons. The first kappa shape index (κ1) is 18.0. The minimum Gasteiger partial charge on any atom is -0.543 e. The van der Waals surface area contributed by atoms with Crippen LogP contribution in [0.5, 0.6) is 0 Å². The summed E-state index contributed by atoms with van der Waals surface area (Å²) in [5.41, 5.74) is -0.134. The SMILES string of the molecule is C[C@@H](O)[C@H]1C(=O)N2C(C(=O)[O-])=C(SCCO)S[C@H]12.[K+]. The van der Waals surface area contributed by atoms with Gasteiger partial charge in [0.15, 0.2) is 0 Å². The normalized spacial score (nSPS) is 26.7. The molecule has 6 nitrogen and oxygen atoms in total. The molecule has 2 aliphatic rings. The number of fused-ring (bicyclic) bond motifs is 1. The van der Waals surface area contributed by atoms with E-state index in [1.54, 1.807) is 0 Å². The zero-order chi connectivity index (χ0) is 13.4. The standard InChI is InChI=1S/C10H13NO5S2.K/c1-4(13)5-7(14)11-6(9(15)16)10(17-3-2-12)18-8(5)11;/h4-5,8,12-13H,2-3H2,1H3,(H,15,16);/q;+1/p-1/t4-,5+,8-;/m1./s1. The van der Waals surface area contributed by atoms with E-state index in [0.29, 0.717) is 9.99 Å². The number of nitrogens with zero attached hydrogens (tertiary/aromatic N) is 1. The number of thioether (sulfide) groups is 2. The van der Waals surface area contributed by atoms with E-state index in [1.807, 2.05) is 0 Å². The van der Waals surface area contributed by atoms with Gasteiger partial charge in [-0.05, 0) is 6.92 Å². The summed E-state index contributed by atoms with van der Waals surface area (Å²) in [6, 6.07) is 0. The average molecular weight is 329 g/mol. The molecule has 1 amide bonds. The molecule has 1 fully saturated rings. The second-order valence-electron chi connectivity index (χ2n) is 3.98. The molecule has 0 bridgehead atoms. The molecule has 9 heteroatoms. The summed E-state index contributed by atoms with van der Waals surface area (Å²) in [7, 11) is 0. The van der Waals surface area contributed by atoms with E-state index in [0.717, 1.165) is 4.90 Å². The van der Waals surface area contributed by atoms with Gasteiger partial charge in [-0.1, -0.05) is 11.8 Å². The number of hydrogen-bond donors (Lipinski definition) is 2. The minimum atomic E-state index is -1.40. The smallest absolute Gasteiger partial charge is 0.543 e. The first-order chi connectivity index (χ1) is 8.49. The van der Waals surface area contributed by atoms with Crippen molar-refractivity contribution in [3.63, 3.8) is 0 Å². The van der Waals surface area contributed by atoms with Crippen molar-refractivity contribution in [3.05, 3.63) is 9.93 Å². The third-order valence-corrected chi connectivity index (χ3v) is 5.42. The summed E-state index contributed by atoms with van der Waals surface area (Å²) in [6.45, 7) is 1.44. The number of hydrogen-bond acceptors (Lipinski definition) is 7. The third-order valence-electron chi connectivity index (χ3n) is 2.78. The van der Waals surface area contributed by atoms with E-state index in [4.69, 9.17) is 5.11 Å². The predicted octanol–water partition coefficient (Wildman–Crippen LogP) is -4.45. The number of aliphatic hydroxyl groups is 2. The fourth-order valence-corrected chi connectivity index (χ4v) is 4.71. The van der Waals surface area contributed by atoms with Crippen molar-refractivity contribution in [2.75, 3.05) is 12.4 Å². The Morgan fingerprint density at radius 1 is 1.63 bits per heavy atom. The monoisotopic (exact) mass is 329 g/mol. The third kappa shape index (κ3) is 3.24. The Morgan fingerprint density at radius 3 is 2.74 bits per heavy atom. The molecule has 2 rings (SSSR count). The summed E-state index contributed by atoms with van der Waals surface area (Å²) in [5, 5.41) is 28.9. The number of carboxylic acid groups (broad SMARTS) is 1. The Bertz CT molecular complexity index is 428. The van der Waals surface area contributed by atoms with E-state index < -0.39 is 18.0 Å². The van der Waals surface area contributed by atoms with Gasteiger partial charge < -0.3 is 20.1 Å². The molecule has 2 N–H and O–H groups in total. The van der Waals surface area contributed by atoms with Crippen molar-refractivity contribution < 1.29 is 76.3 Å². The van der Waals surface area contributed by atoms with Gasteiger partial charge in [0.25, 0.3) is 0 Å². The number of carboxylic acids is 1. The van der Waals surface area contributed by atoms with Gasteiger partial charge in [-0.2, -0.15) is 0 Å². The van der Waals surface area contributed by atoms with Crippen LogP contribution < -0.4 is 56.5 Å². The molecule has 2 aliphatic heterocycles. The van der Waals surface area contributed by atoms with Gasteiger partial charge in [-0.15, -0.1) is 11.8 Å². The predicted molar refractivity (Wildman–Crippen MR) is 65.0 cm³/mol. The van der Waals surface area contributed by atoms with E-state index in [-0.39, 0.29) is 75.0 Å². The molecular weight excluding hydrogens is 317 g/mol. The van der Waals surface area contributed by atoms with Crippen LogP contribution >= 0.6 is 23.5 Å².